The van der Waals surface area contributed by atoms with Gasteiger partial charge in [0.15, 0.2) is 0 Å². The van der Waals surface area contributed by atoms with Gasteiger partial charge in [-0.2, -0.15) is 0 Å². The number of rotatable bonds is 4. The van der Waals surface area contributed by atoms with Gasteiger partial charge < -0.3 is 15.0 Å². The fourth-order valence-corrected chi connectivity index (χ4v) is 3.01. The van der Waals surface area contributed by atoms with Gasteiger partial charge in [0.05, 0.1) is 11.1 Å². The standard InChI is InChI=1S/C20H18N4O/c1-24(12-14-7-3-2-4-8-14)20-16-11-17(23-19(16)21-13-22-20)15-9-5-6-10-18(15)25/h2-11,13,25H,12H2,1H3,(H,21,22,23). The lowest BCUT2D eigenvalue weighted by Crippen LogP contribution is -2.17. The number of benzene rings is 2. The van der Waals surface area contributed by atoms with Crippen LogP contribution >= 0.6 is 0 Å². The van der Waals surface area contributed by atoms with Crippen LogP contribution in [0.2, 0.25) is 0 Å². The minimum Gasteiger partial charge on any atom is -0.507 e. The molecule has 0 bridgehead atoms. The lowest BCUT2D eigenvalue weighted by atomic mass is 10.1. The van der Waals surface area contributed by atoms with Crippen molar-refractivity contribution < 1.29 is 5.11 Å². The highest BCUT2D eigenvalue weighted by atomic mass is 16.3. The minimum atomic E-state index is 0.237. The van der Waals surface area contributed by atoms with Crippen molar-refractivity contribution in [2.75, 3.05) is 11.9 Å². The Kier molecular flexibility index (Phi) is 3.82. The summed E-state index contributed by atoms with van der Waals surface area (Å²) in [6, 6.07) is 19.5. The van der Waals surface area contributed by atoms with Gasteiger partial charge in [-0.3, -0.25) is 0 Å². The van der Waals surface area contributed by atoms with E-state index in [1.165, 1.54) is 5.56 Å². The normalized spacial score (nSPS) is 10.9. The van der Waals surface area contributed by atoms with Crippen LogP contribution in [-0.2, 0) is 6.54 Å². The van der Waals surface area contributed by atoms with Crippen molar-refractivity contribution in [3.63, 3.8) is 0 Å². The number of phenols is 1. The van der Waals surface area contributed by atoms with Gasteiger partial charge in [-0.15, -0.1) is 0 Å². The molecule has 4 aromatic rings. The van der Waals surface area contributed by atoms with Crippen LogP contribution in [0.25, 0.3) is 22.3 Å². The van der Waals surface area contributed by atoms with E-state index < -0.39 is 0 Å². The van der Waals surface area contributed by atoms with Gasteiger partial charge in [0.2, 0.25) is 0 Å². The van der Waals surface area contributed by atoms with Crippen LogP contribution in [0.5, 0.6) is 5.75 Å². The number of fused-ring (bicyclic) bond motifs is 1. The minimum absolute atomic E-state index is 0.237. The molecule has 0 unspecified atom stereocenters. The summed E-state index contributed by atoms with van der Waals surface area (Å²) in [5.74, 6) is 1.09. The lowest BCUT2D eigenvalue weighted by molar-refractivity contribution is 0.477. The number of aromatic hydroxyl groups is 1. The molecule has 25 heavy (non-hydrogen) atoms. The summed E-state index contributed by atoms with van der Waals surface area (Å²) in [4.78, 5) is 14.2. The van der Waals surface area contributed by atoms with E-state index in [1.54, 1.807) is 18.5 Å². The molecule has 0 saturated carbocycles. The van der Waals surface area contributed by atoms with Crippen LogP contribution in [0.1, 0.15) is 5.56 Å². The van der Waals surface area contributed by atoms with Crippen molar-refractivity contribution >= 4 is 16.9 Å². The van der Waals surface area contributed by atoms with Crippen molar-refractivity contribution in [3.8, 4) is 17.0 Å². The molecule has 0 atom stereocenters. The smallest absolute Gasteiger partial charge is 0.143 e. The molecule has 2 N–H and O–H groups in total. The number of hydrogen-bond donors (Lipinski definition) is 2. The third kappa shape index (κ3) is 2.92. The highest BCUT2D eigenvalue weighted by Gasteiger charge is 2.14. The van der Waals surface area contributed by atoms with Gasteiger partial charge in [-0.05, 0) is 23.8 Å². The zero-order valence-electron chi connectivity index (χ0n) is 13.8. The van der Waals surface area contributed by atoms with E-state index in [0.717, 1.165) is 34.7 Å². The fourth-order valence-electron chi connectivity index (χ4n) is 3.01. The Balaban J connectivity index is 1.74. The first-order valence-electron chi connectivity index (χ1n) is 8.09. The summed E-state index contributed by atoms with van der Waals surface area (Å²) in [7, 11) is 2.02. The number of H-pyrrole nitrogens is 1. The number of nitrogens with one attached hydrogen (secondary N) is 1. The van der Waals surface area contributed by atoms with Crippen molar-refractivity contribution in [1.29, 1.82) is 0 Å². The first kappa shape index (κ1) is 15.2. The van der Waals surface area contributed by atoms with Crippen LogP contribution in [0.4, 0.5) is 5.82 Å². The topological polar surface area (TPSA) is 65.0 Å². The second-order valence-electron chi connectivity index (χ2n) is 6.00. The summed E-state index contributed by atoms with van der Waals surface area (Å²) in [5.41, 5.74) is 3.54. The molecule has 0 aliphatic rings. The molecule has 0 amide bonds. The van der Waals surface area contributed by atoms with E-state index in [9.17, 15) is 5.11 Å². The Morgan fingerprint density at radius 2 is 1.76 bits per heavy atom. The molecular weight excluding hydrogens is 312 g/mol. The van der Waals surface area contributed by atoms with Crippen molar-refractivity contribution in [2.24, 2.45) is 0 Å². The average Bonchev–Trinajstić information content (AvgIpc) is 3.06. The maximum absolute atomic E-state index is 10.1. The van der Waals surface area contributed by atoms with E-state index in [1.807, 2.05) is 43.4 Å². The number of aromatic nitrogens is 3. The monoisotopic (exact) mass is 330 g/mol. The Hall–Kier alpha value is -3.34. The first-order chi connectivity index (χ1) is 12.2. The number of anilines is 1. The molecule has 0 aliphatic carbocycles. The van der Waals surface area contributed by atoms with Crippen LogP contribution in [0.3, 0.4) is 0 Å². The maximum Gasteiger partial charge on any atom is 0.143 e. The molecule has 5 nitrogen and oxygen atoms in total. The highest BCUT2D eigenvalue weighted by molar-refractivity contribution is 5.92. The predicted molar refractivity (Wildman–Crippen MR) is 99.5 cm³/mol. The third-order valence-electron chi connectivity index (χ3n) is 4.22. The number of aromatic amines is 1. The second-order valence-corrected chi connectivity index (χ2v) is 6.00. The molecule has 2 aromatic heterocycles. The first-order valence-corrected chi connectivity index (χ1v) is 8.09. The van der Waals surface area contributed by atoms with Crippen molar-refractivity contribution in [2.45, 2.75) is 6.54 Å². The molecule has 0 aliphatic heterocycles. The third-order valence-corrected chi connectivity index (χ3v) is 4.22. The molecule has 0 fully saturated rings. The summed E-state index contributed by atoms with van der Waals surface area (Å²) in [5, 5.41) is 11.0. The van der Waals surface area contributed by atoms with Crippen LogP contribution in [0.15, 0.2) is 67.0 Å². The fraction of sp³-hybridized carbons (Fsp3) is 0.100. The largest absolute Gasteiger partial charge is 0.507 e. The van der Waals surface area contributed by atoms with E-state index in [-0.39, 0.29) is 5.75 Å². The Labute approximate surface area is 145 Å². The van der Waals surface area contributed by atoms with E-state index in [4.69, 9.17) is 0 Å². The van der Waals surface area contributed by atoms with Crippen LogP contribution in [-0.4, -0.2) is 27.1 Å². The van der Waals surface area contributed by atoms with E-state index in [2.05, 4.69) is 32.0 Å². The molecule has 4 rings (SSSR count). The molecule has 0 saturated heterocycles. The van der Waals surface area contributed by atoms with E-state index in [0.29, 0.717) is 0 Å². The zero-order chi connectivity index (χ0) is 17.2. The molecular formula is C20H18N4O. The number of para-hydroxylation sites is 1. The zero-order valence-corrected chi connectivity index (χ0v) is 13.8. The lowest BCUT2D eigenvalue weighted by Gasteiger charge is -2.18. The Bertz CT molecular complexity index is 1010. The molecule has 2 aromatic carbocycles. The SMILES string of the molecule is CN(Cc1ccccc1)c1ncnc2[nH]c(-c3ccccc3O)cc12. The van der Waals surface area contributed by atoms with Gasteiger partial charge in [0.25, 0.3) is 0 Å². The Morgan fingerprint density at radius 3 is 2.56 bits per heavy atom. The summed E-state index contributed by atoms with van der Waals surface area (Å²) in [6.07, 6.45) is 1.56. The van der Waals surface area contributed by atoms with Crippen molar-refractivity contribution in [1.82, 2.24) is 15.0 Å². The number of hydrogen-bond acceptors (Lipinski definition) is 4. The van der Waals surface area contributed by atoms with Gasteiger partial charge in [0.1, 0.15) is 23.5 Å². The Morgan fingerprint density at radius 1 is 1.00 bits per heavy atom. The van der Waals surface area contributed by atoms with Gasteiger partial charge in [-0.25, -0.2) is 9.97 Å². The second kappa shape index (κ2) is 6.28. The highest BCUT2D eigenvalue weighted by Crippen LogP contribution is 2.32. The van der Waals surface area contributed by atoms with Gasteiger partial charge in [0, 0.05) is 19.2 Å². The van der Waals surface area contributed by atoms with E-state index >= 15 is 0 Å². The molecule has 5 heteroatoms. The molecule has 2 heterocycles. The molecule has 0 spiro atoms. The predicted octanol–water partition coefficient (Wildman–Crippen LogP) is 3.97. The maximum atomic E-state index is 10.1. The van der Waals surface area contributed by atoms with Crippen LogP contribution in [0, 0.1) is 0 Å². The summed E-state index contributed by atoms with van der Waals surface area (Å²) >= 11 is 0. The molecule has 0 radical (unpaired) electrons. The van der Waals surface area contributed by atoms with Gasteiger partial charge >= 0.3 is 0 Å². The van der Waals surface area contributed by atoms with Crippen molar-refractivity contribution in [3.05, 3.63) is 72.6 Å². The number of phenolic OH excluding ortho intramolecular Hbond substituents is 1. The quantitative estimate of drug-likeness (QED) is 0.594. The molecule has 124 valence electrons. The van der Waals surface area contributed by atoms with Crippen LogP contribution < -0.4 is 4.90 Å². The summed E-state index contributed by atoms with van der Waals surface area (Å²) < 4.78 is 0. The number of nitrogens with zero attached hydrogens (tertiary/aromatic N) is 3. The van der Waals surface area contributed by atoms with Gasteiger partial charge in [-0.1, -0.05) is 42.5 Å². The average molecular weight is 330 g/mol. The summed E-state index contributed by atoms with van der Waals surface area (Å²) in [6.45, 7) is 0.754.